The highest BCUT2D eigenvalue weighted by Gasteiger charge is 2.26. The van der Waals surface area contributed by atoms with Crippen molar-refractivity contribution in [2.75, 3.05) is 0 Å². The van der Waals surface area contributed by atoms with Crippen molar-refractivity contribution in [3.05, 3.63) is 76.9 Å². The monoisotopic (exact) mass is 262 g/mol. The number of benzene rings is 2. The van der Waals surface area contributed by atoms with E-state index < -0.39 is 0 Å². The fourth-order valence-electron chi connectivity index (χ4n) is 2.96. The van der Waals surface area contributed by atoms with Crippen LogP contribution in [-0.2, 0) is 6.42 Å². The van der Waals surface area contributed by atoms with Crippen LogP contribution >= 0.6 is 0 Å². The second-order valence-electron chi connectivity index (χ2n) is 5.26. The second kappa shape index (κ2) is 5.46. The Morgan fingerprint density at radius 3 is 2.45 bits per heavy atom. The first-order valence-corrected chi connectivity index (χ1v) is 7.21. The van der Waals surface area contributed by atoms with Crippen molar-refractivity contribution in [1.82, 2.24) is 0 Å². The van der Waals surface area contributed by atoms with Gasteiger partial charge in [-0.1, -0.05) is 73.5 Å². The molecule has 0 atom stereocenters. The Kier molecular flexibility index (Phi) is 3.51. The van der Waals surface area contributed by atoms with Gasteiger partial charge in [-0.15, -0.1) is 0 Å². The number of rotatable bonds is 4. The highest BCUT2D eigenvalue weighted by molar-refractivity contribution is 6.30. The van der Waals surface area contributed by atoms with E-state index in [0.717, 1.165) is 36.0 Å². The lowest BCUT2D eigenvalue weighted by Gasteiger charge is -2.07. The first-order chi connectivity index (χ1) is 9.81. The normalized spacial score (nSPS) is 13.4. The summed E-state index contributed by atoms with van der Waals surface area (Å²) in [6.07, 6.45) is 3.01. The Morgan fingerprint density at radius 2 is 1.70 bits per heavy atom. The fourth-order valence-corrected chi connectivity index (χ4v) is 2.96. The number of carbonyl (C=O) groups is 1. The Bertz CT molecular complexity index is 665. The van der Waals surface area contributed by atoms with Crippen LogP contribution in [0.5, 0.6) is 0 Å². The Morgan fingerprint density at radius 1 is 1.00 bits per heavy atom. The lowest BCUT2D eigenvalue weighted by Crippen LogP contribution is -2.03. The molecule has 0 aliphatic heterocycles. The van der Waals surface area contributed by atoms with Gasteiger partial charge in [-0.2, -0.15) is 0 Å². The van der Waals surface area contributed by atoms with Crippen LogP contribution in [-0.4, -0.2) is 5.78 Å². The molecule has 3 rings (SSSR count). The second-order valence-corrected chi connectivity index (χ2v) is 5.26. The van der Waals surface area contributed by atoms with E-state index >= 15 is 0 Å². The van der Waals surface area contributed by atoms with Gasteiger partial charge < -0.3 is 0 Å². The molecule has 0 N–H and O–H groups in total. The highest BCUT2D eigenvalue weighted by Crippen LogP contribution is 2.36. The van der Waals surface area contributed by atoms with Crippen LogP contribution < -0.4 is 0 Å². The van der Waals surface area contributed by atoms with E-state index in [-0.39, 0.29) is 5.78 Å². The third kappa shape index (κ3) is 2.20. The summed E-state index contributed by atoms with van der Waals surface area (Å²) in [6.45, 7) is 2.17. The fraction of sp³-hybridized carbons (Fsp3) is 0.211. The molecule has 0 amide bonds. The molecule has 0 spiro atoms. The minimum absolute atomic E-state index is 0.166. The maximum Gasteiger partial charge on any atom is 0.193 e. The minimum atomic E-state index is 0.166. The summed E-state index contributed by atoms with van der Waals surface area (Å²) in [4.78, 5) is 12.8. The van der Waals surface area contributed by atoms with Gasteiger partial charge in [0, 0.05) is 11.1 Å². The maximum atomic E-state index is 12.8. The molecule has 0 saturated carbocycles. The van der Waals surface area contributed by atoms with Crippen LogP contribution in [0.1, 0.15) is 41.3 Å². The van der Waals surface area contributed by atoms with E-state index in [9.17, 15) is 4.79 Å². The van der Waals surface area contributed by atoms with E-state index in [1.165, 1.54) is 11.1 Å². The molecule has 1 heteroatoms. The van der Waals surface area contributed by atoms with E-state index in [4.69, 9.17) is 0 Å². The molecule has 0 saturated heterocycles. The Hall–Kier alpha value is -2.15. The first-order valence-electron chi connectivity index (χ1n) is 7.21. The molecule has 0 heterocycles. The molecule has 2 aromatic rings. The van der Waals surface area contributed by atoms with E-state index in [2.05, 4.69) is 25.1 Å². The molecular formula is C19H18O. The summed E-state index contributed by atoms with van der Waals surface area (Å²) in [5.74, 6) is 0.166. The van der Waals surface area contributed by atoms with Crippen molar-refractivity contribution in [1.29, 1.82) is 0 Å². The standard InChI is InChI=1S/C19H18O/c1-2-8-16-13-15-11-6-7-12-17(15)18(16)19(20)14-9-4-3-5-10-14/h3-7,9-12H,2,8,13H2,1H3. The molecule has 0 fully saturated rings. The van der Waals surface area contributed by atoms with Gasteiger partial charge in [-0.05, 0) is 24.0 Å². The predicted octanol–water partition coefficient (Wildman–Crippen LogP) is 4.68. The van der Waals surface area contributed by atoms with E-state index in [0.29, 0.717) is 0 Å². The highest BCUT2D eigenvalue weighted by atomic mass is 16.1. The van der Waals surface area contributed by atoms with Crippen molar-refractivity contribution < 1.29 is 4.79 Å². The van der Waals surface area contributed by atoms with Crippen molar-refractivity contribution in [2.24, 2.45) is 0 Å². The molecule has 0 aromatic heterocycles. The van der Waals surface area contributed by atoms with Crippen molar-refractivity contribution in [3.8, 4) is 0 Å². The van der Waals surface area contributed by atoms with E-state index in [1.54, 1.807) is 0 Å². The molecule has 0 radical (unpaired) electrons. The zero-order chi connectivity index (χ0) is 13.9. The molecule has 1 aliphatic carbocycles. The van der Waals surface area contributed by atoms with Gasteiger partial charge in [-0.25, -0.2) is 0 Å². The number of hydrogen-bond acceptors (Lipinski definition) is 1. The summed E-state index contributed by atoms with van der Waals surface area (Å²) in [7, 11) is 0. The quantitative estimate of drug-likeness (QED) is 0.731. The maximum absolute atomic E-state index is 12.8. The van der Waals surface area contributed by atoms with Gasteiger partial charge >= 0.3 is 0 Å². The summed E-state index contributed by atoms with van der Waals surface area (Å²) < 4.78 is 0. The molecule has 0 bridgehead atoms. The Balaban J connectivity index is 2.08. The van der Waals surface area contributed by atoms with Crippen LogP contribution in [0.25, 0.3) is 5.57 Å². The van der Waals surface area contributed by atoms with Crippen molar-refractivity contribution in [2.45, 2.75) is 26.2 Å². The lowest BCUT2D eigenvalue weighted by atomic mass is 9.95. The average Bonchev–Trinajstić information content (AvgIpc) is 2.86. The third-order valence-corrected chi connectivity index (χ3v) is 3.86. The number of Topliss-reactive ketones (excluding diaryl/α,β-unsaturated/α-hetero) is 1. The third-order valence-electron chi connectivity index (χ3n) is 3.86. The van der Waals surface area contributed by atoms with Gasteiger partial charge in [0.25, 0.3) is 0 Å². The first kappa shape index (κ1) is 12.9. The van der Waals surface area contributed by atoms with Crippen LogP contribution in [0.2, 0.25) is 0 Å². The zero-order valence-corrected chi connectivity index (χ0v) is 11.7. The molecule has 0 unspecified atom stereocenters. The van der Waals surface area contributed by atoms with Crippen LogP contribution in [0, 0.1) is 0 Å². The molecular weight excluding hydrogens is 244 g/mol. The van der Waals surface area contributed by atoms with Gasteiger partial charge in [0.05, 0.1) is 0 Å². The van der Waals surface area contributed by atoms with Gasteiger partial charge in [0.15, 0.2) is 5.78 Å². The smallest absolute Gasteiger partial charge is 0.193 e. The largest absolute Gasteiger partial charge is 0.289 e. The average molecular weight is 262 g/mol. The number of ketones is 1. The zero-order valence-electron chi connectivity index (χ0n) is 11.7. The van der Waals surface area contributed by atoms with Crippen molar-refractivity contribution in [3.63, 3.8) is 0 Å². The minimum Gasteiger partial charge on any atom is -0.289 e. The van der Waals surface area contributed by atoms with Gasteiger partial charge in [0.2, 0.25) is 0 Å². The predicted molar refractivity (Wildman–Crippen MR) is 82.7 cm³/mol. The summed E-state index contributed by atoms with van der Waals surface area (Å²) >= 11 is 0. The molecule has 1 aliphatic rings. The molecule has 1 nitrogen and oxygen atoms in total. The molecule has 20 heavy (non-hydrogen) atoms. The Labute approximate surface area is 120 Å². The van der Waals surface area contributed by atoms with Crippen LogP contribution in [0.3, 0.4) is 0 Å². The van der Waals surface area contributed by atoms with E-state index in [1.807, 2.05) is 36.4 Å². The number of hydrogen-bond donors (Lipinski definition) is 0. The summed E-state index contributed by atoms with van der Waals surface area (Å²) in [5, 5.41) is 0. The number of allylic oxidation sites excluding steroid dienone is 2. The number of fused-ring (bicyclic) bond motifs is 1. The topological polar surface area (TPSA) is 17.1 Å². The van der Waals surface area contributed by atoms with Crippen molar-refractivity contribution >= 4 is 11.4 Å². The SMILES string of the molecule is CCCC1=C(C(=O)c2ccccc2)c2ccccc2C1. The molecule has 100 valence electrons. The van der Waals surface area contributed by atoms with Crippen LogP contribution in [0.15, 0.2) is 60.2 Å². The van der Waals surface area contributed by atoms with Gasteiger partial charge in [0.1, 0.15) is 0 Å². The molecule has 2 aromatic carbocycles. The number of carbonyl (C=O) groups excluding carboxylic acids is 1. The lowest BCUT2D eigenvalue weighted by molar-refractivity contribution is 0.105. The summed E-state index contributed by atoms with van der Waals surface area (Å²) in [6, 6.07) is 17.9. The van der Waals surface area contributed by atoms with Crippen LogP contribution in [0.4, 0.5) is 0 Å². The summed E-state index contributed by atoms with van der Waals surface area (Å²) in [5.41, 5.74) is 5.43. The van der Waals surface area contributed by atoms with Gasteiger partial charge in [-0.3, -0.25) is 4.79 Å².